The van der Waals surface area contributed by atoms with Crippen LogP contribution in [0.15, 0.2) is 60.8 Å². The average Bonchev–Trinajstić information content (AvgIpc) is 2.83. The average molecular weight is 476 g/mol. The van der Waals surface area contributed by atoms with Gasteiger partial charge in [0.15, 0.2) is 0 Å². The molecule has 6 nitrogen and oxygen atoms in total. The van der Waals surface area contributed by atoms with Crippen LogP contribution in [0.3, 0.4) is 0 Å². The number of aromatic nitrogens is 1. The molecule has 0 saturated carbocycles. The number of nitrogens with two attached hydrogens (primary N) is 1. The third-order valence-electron chi connectivity index (χ3n) is 6.64. The molecule has 1 saturated heterocycles. The van der Waals surface area contributed by atoms with Gasteiger partial charge in [-0.25, -0.2) is 9.37 Å². The summed E-state index contributed by atoms with van der Waals surface area (Å²) in [6, 6.07) is 16.5. The highest BCUT2D eigenvalue weighted by molar-refractivity contribution is 5.98. The summed E-state index contributed by atoms with van der Waals surface area (Å²) in [6.07, 6.45) is 3.79. The number of primary amides is 1. The van der Waals surface area contributed by atoms with Crippen LogP contribution in [0, 0.1) is 5.82 Å². The number of halogens is 1. The molecular formula is C28H34FN5O. The molecule has 0 bridgehead atoms. The van der Waals surface area contributed by atoms with Gasteiger partial charge in [0.1, 0.15) is 11.6 Å². The number of rotatable bonds is 7. The number of nitrogens with zero attached hydrogens (tertiary/aromatic N) is 2. The van der Waals surface area contributed by atoms with Crippen LogP contribution in [0.5, 0.6) is 0 Å². The Bertz CT molecular complexity index is 1160. The lowest BCUT2D eigenvalue weighted by atomic mass is 9.87. The first kappa shape index (κ1) is 24.7. The van der Waals surface area contributed by atoms with Gasteiger partial charge in [-0.15, -0.1) is 0 Å². The number of carbonyl (C=O) groups is 1. The first-order valence-corrected chi connectivity index (χ1v) is 12.1. The molecule has 1 fully saturated rings. The molecule has 0 atom stereocenters. The van der Waals surface area contributed by atoms with Crippen LogP contribution < -0.4 is 16.4 Å². The second kappa shape index (κ2) is 10.4. The van der Waals surface area contributed by atoms with Gasteiger partial charge in [-0.3, -0.25) is 9.69 Å². The number of piperidine rings is 1. The maximum absolute atomic E-state index is 13.5. The number of benzene rings is 2. The molecule has 4 rings (SSSR count). The van der Waals surface area contributed by atoms with Crippen molar-refractivity contribution in [2.24, 2.45) is 5.73 Å². The van der Waals surface area contributed by atoms with Crippen molar-refractivity contribution in [3.63, 3.8) is 0 Å². The smallest absolute Gasteiger partial charge is 0.252 e. The van der Waals surface area contributed by atoms with E-state index in [1.54, 1.807) is 12.1 Å². The molecular weight excluding hydrogens is 441 g/mol. The zero-order valence-corrected chi connectivity index (χ0v) is 20.6. The van der Waals surface area contributed by atoms with Crippen molar-refractivity contribution in [1.29, 1.82) is 0 Å². The van der Waals surface area contributed by atoms with Crippen molar-refractivity contribution in [1.82, 2.24) is 9.88 Å². The van der Waals surface area contributed by atoms with Gasteiger partial charge in [0.05, 0.1) is 11.3 Å². The van der Waals surface area contributed by atoms with Gasteiger partial charge in [0, 0.05) is 30.0 Å². The fourth-order valence-electron chi connectivity index (χ4n) is 4.58. The molecule has 1 aliphatic rings. The lowest BCUT2D eigenvalue weighted by molar-refractivity contribution is 0.1000. The quantitative estimate of drug-likeness (QED) is 0.411. The summed E-state index contributed by atoms with van der Waals surface area (Å²) in [4.78, 5) is 18.8. The number of pyridine rings is 1. The second-order valence-electron chi connectivity index (χ2n) is 10.1. The fraction of sp³-hybridized carbons (Fsp3) is 0.357. The maximum Gasteiger partial charge on any atom is 0.252 e. The minimum atomic E-state index is -0.576. The van der Waals surface area contributed by atoms with E-state index >= 15 is 0 Å². The summed E-state index contributed by atoms with van der Waals surface area (Å²) >= 11 is 0. The summed E-state index contributed by atoms with van der Waals surface area (Å²) in [6.45, 7) is 9.43. The monoisotopic (exact) mass is 475 g/mol. The highest BCUT2D eigenvalue weighted by atomic mass is 19.1. The summed E-state index contributed by atoms with van der Waals surface area (Å²) < 4.78 is 13.5. The van der Waals surface area contributed by atoms with Gasteiger partial charge in [0.25, 0.3) is 5.91 Å². The van der Waals surface area contributed by atoms with E-state index in [4.69, 9.17) is 5.73 Å². The third kappa shape index (κ3) is 6.36. The summed E-state index contributed by atoms with van der Waals surface area (Å²) in [5.41, 5.74) is 9.61. The highest BCUT2D eigenvalue weighted by Crippen LogP contribution is 2.32. The normalized spacial score (nSPS) is 15.1. The van der Waals surface area contributed by atoms with Gasteiger partial charge in [0.2, 0.25) is 0 Å². The van der Waals surface area contributed by atoms with E-state index in [2.05, 4.69) is 65.6 Å². The standard InChI is InChI=1S/C28H34FN5O/c1-28(2,3)34-13-11-21(12-14-34)20-7-9-23(10-8-20)33-26-16-25(24(18-32-26)27(30)35)31-17-19-5-4-6-22(29)15-19/h4-10,15-16,18,21H,11-14,17H2,1-3H3,(H2,30,35)(H2,31,32,33). The lowest BCUT2D eigenvalue weighted by Crippen LogP contribution is -2.45. The summed E-state index contributed by atoms with van der Waals surface area (Å²) in [5.74, 6) is 0.282. The molecule has 0 radical (unpaired) electrons. The Labute approximate surface area is 206 Å². The van der Waals surface area contributed by atoms with Gasteiger partial charge in [-0.2, -0.15) is 0 Å². The predicted molar refractivity (Wildman–Crippen MR) is 140 cm³/mol. The minimum Gasteiger partial charge on any atom is -0.380 e. The number of anilines is 3. The molecule has 35 heavy (non-hydrogen) atoms. The van der Waals surface area contributed by atoms with Crippen molar-refractivity contribution in [3.05, 3.63) is 83.3 Å². The SMILES string of the molecule is CC(C)(C)N1CCC(c2ccc(Nc3cc(NCc4cccc(F)c4)c(C(N)=O)cn3)cc2)CC1. The van der Waals surface area contributed by atoms with E-state index in [-0.39, 0.29) is 16.9 Å². The molecule has 1 amide bonds. The highest BCUT2D eigenvalue weighted by Gasteiger charge is 2.27. The van der Waals surface area contributed by atoms with Crippen LogP contribution in [0.25, 0.3) is 0 Å². The largest absolute Gasteiger partial charge is 0.380 e. The molecule has 1 aliphatic heterocycles. The Morgan fingerprint density at radius 3 is 2.46 bits per heavy atom. The third-order valence-corrected chi connectivity index (χ3v) is 6.64. The van der Waals surface area contributed by atoms with Crippen LogP contribution in [0.2, 0.25) is 0 Å². The van der Waals surface area contributed by atoms with E-state index in [1.165, 1.54) is 36.7 Å². The Hall–Kier alpha value is -3.45. The molecule has 0 spiro atoms. The summed E-state index contributed by atoms with van der Waals surface area (Å²) in [5, 5.41) is 6.48. The first-order chi connectivity index (χ1) is 16.7. The van der Waals surface area contributed by atoms with Crippen LogP contribution in [-0.2, 0) is 6.54 Å². The molecule has 7 heteroatoms. The Morgan fingerprint density at radius 1 is 1.11 bits per heavy atom. The van der Waals surface area contributed by atoms with Gasteiger partial charge >= 0.3 is 0 Å². The number of hydrogen-bond donors (Lipinski definition) is 3. The van der Waals surface area contributed by atoms with Gasteiger partial charge in [-0.1, -0.05) is 24.3 Å². The zero-order chi connectivity index (χ0) is 25.0. The molecule has 3 aromatic rings. The van der Waals surface area contributed by atoms with Crippen molar-refractivity contribution >= 4 is 23.1 Å². The molecule has 184 valence electrons. The van der Waals surface area contributed by atoms with Crippen molar-refractivity contribution in [2.45, 2.75) is 51.6 Å². The number of carbonyl (C=O) groups excluding carboxylic acids is 1. The Balaban J connectivity index is 1.42. The van der Waals surface area contributed by atoms with Crippen LogP contribution in [-0.4, -0.2) is 34.4 Å². The molecule has 2 heterocycles. The lowest BCUT2D eigenvalue weighted by Gasteiger charge is -2.41. The van der Waals surface area contributed by atoms with E-state index in [0.29, 0.717) is 24.0 Å². The fourth-order valence-corrected chi connectivity index (χ4v) is 4.58. The Morgan fingerprint density at radius 2 is 1.83 bits per heavy atom. The van der Waals surface area contributed by atoms with E-state index in [0.717, 1.165) is 24.3 Å². The van der Waals surface area contributed by atoms with Crippen LogP contribution in [0.4, 0.5) is 21.6 Å². The topological polar surface area (TPSA) is 83.3 Å². The molecule has 1 aromatic heterocycles. The molecule has 0 aliphatic carbocycles. The molecule has 2 aromatic carbocycles. The van der Waals surface area contributed by atoms with E-state index in [9.17, 15) is 9.18 Å². The van der Waals surface area contributed by atoms with Crippen molar-refractivity contribution in [3.8, 4) is 0 Å². The van der Waals surface area contributed by atoms with Crippen LogP contribution >= 0.6 is 0 Å². The van der Waals surface area contributed by atoms with Crippen LogP contribution in [0.1, 0.15) is 61.0 Å². The number of hydrogen-bond acceptors (Lipinski definition) is 5. The zero-order valence-electron chi connectivity index (χ0n) is 20.6. The minimum absolute atomic E-state index is 0.223. The van der Waals surface area contributed by atoms with E-state index < -0.39 is 5.91 Å². The molecule has 4 N–H and O–H groups in total. The summed E-state index contributed by atoms with van der Waals surface area (Å²) in [7, 11) is 0. The van der Waals surface area contributed by atoms with Gasteiger partial charge in [-0.05, 0) is 88.0 Å². The maximum atomic E-state index is 13.5. The van der Waals surface area contributed by atoms with Gasteiger partial charge < -0.3 is 16.4 Å². The van der Waals surface area contributed by atoms with Crippen molar-refractivity contribution < 1.29 is 9.18 Å². The number of amides is 1. The first-order valence-electron chi connectivity index (χ1n) is 12.1. The number of likely N-dealkylation sites (tertiary alicyclic amines) is 1. The predicted octanol–water partition coefficient (Wildman–Crippen LogP) is 5.65. The molecule has 0 unspecified atom stereocenters. The second-order valence-corrected chi connectivity index (χ2v) is 10.1. The van der Waals surface area contributed by atoms with Crippen molar-refractivity contribution in [2.75, 3.05) is 23.7 Å². The Kier molecular flexibility index (Phi) is 7.36. The number of nitrogens with one attached hydrogen (secondary N) is 2. The van der Waals surface area contributed by atoms with E-state index in [1.807, 2.05) is 6.07 Å².